The Morgan fingerprint density at radius 1 is 1.28 bits per heavy atom. The number of methoxy groups -OCH3 is 1. The molecule has 1 aromatic heterocycles. The van der Waals surface area contributed by atoms with Crippen molar-refractivity contribution in [3.8, 4) is 5.75 Å². The van der Waals surface area contributed by atoms with Gasteiger partial charge < -0.3 is 15.0 Å². The molecule has 2 heterocycles. The van der Waals surface area contributed by atoms with Gasteiger partial charge in [0.25, 0.3) is 0 Å². The van der Waals surface area contributed by atoms with Crippen LogP contribution in [0.1, 0.15) is 36.0 Å². The number of ether oxygens (including phenoxy) is 1. The molecule has 0 radical (unpaired) electrons. The number of rotatable bonds is 7. The lowest BCUT2D eigenvalue weighted by Crippen LogP contribution is -2.32. The molecular weight excluding hydrogens is 390 g/mol. The van der Waals surface area contributed by atoms with Crippen molar-refractivity contribution in [2.24, 2.45) is 0 Å². The van der Waals surface area contributed by atoms with Crippen LogP contribution in [0.4, 0.5) is 5.82 Å². The quantitative estimate of drug-likeness (QED) is 0.735. The van der Waals surface area contributed by atoms with Crippen LogP contribution in [0.15, 0.2) is 29.2 Å². The SMILES string of the molecule is CNCc1cc(N(C)C)nc(C2CCCN2S(=O)(=O)c2ccc(OC)c(C)c2)n1. The monoisotopic (exact) mass is 419 g/mol. The average molecular weight is 420 g/mol. The second-order valence-corrected chi connectivity index (χ2v) is 9.30. The molecule has 1 saturated heterocycles. The molecule has 0 amide bonds. The zero-order chi connectivity index (χ0) is 21.2. The zero-order valence-electron chi connectivity index (χ0n) is 17.6. The summed E-state index contributed by atoms with van der Waals surface area (Å²) >= 11 is 0. The van der Waals surface area contributed by atoms with Crippen LogP contribution in [0.25, 0.3) is 0 Å². The molecule has 158 valence electrons. The summed E-state index contributed by atoms with van der Waals surface area (Å²) in [6.07, 6.45) is 1.47. The molecule has 0 spiro atoms. The molecule has 2 aromatic rings. The molecule has 0 saturated carbocycles. The van der Waals surface area contributed by atoms with Gasteiger partial charge in [0.1, 0.15) is 17.4 Å². The van der Waals surface area contributed by atoms with E-state index in [9.17, 15) is 8.42 Å². The fourth-order valence-corrected chi connectivity index (χ4v) is 5.33. The van der Waals surface area contributed by atoms with Gasteiger partial charge in [0.2, 0.25) is 10.0 Å². The third-order valence-electron chi connectivity index (χ3n) is 5.07. The maximum absolute atomic E-state index is 13.4. The fraction of sp³-hybridized carbons (Fsp3) is 0.500. The molecular formula is C20H29N5O3S. The minimum Gasteiger partial charge on any atom is -0.496 e. The molecule has 1 aromatic carbocycles. The summed E-state index contributed by atoms with van der Waals surface area (Å²) in [7, 11) is 3.59. The summed E-state index contributed by atoms with van der Waals surface area (Å²) < 4.78 is 33.6. The Labute approximate surface area is 173 Å². The van der Waals surface area contributed by atoms with Gasteiger partial charge in [0.15, 0.2) is 0 Å². The summed E-state index contributed by atoms with van der Waals surface area (Å²) in [5, 5.41) is 3.10. The number of sulfonamides is 1. The van der Waals surface area contributed by atoms with Gasteiger partial charge in [-0.3, -0.25) is 0 Å². The van der Waals surface area contributed by atoms with Crippen molar-refractivity contribution in [3.05, 3.63) is 41.3 Å². The van der Waals surface area contributed by atoms with Crippen LogP contribution >= 0.6 is 0 Å². The lowest BCUT2D eigenvalue weighted by atomic mass is 10.2. The molecule has 0 aliphatic carbocycles. The zero-order valence-corrected chi connectivity index (χ0v) is 18.5. The number of aryl methyl sites for hydroxylation is 1. The summed E-state index contributed by atoms with van der Waals surface area (Å²) in [4.78, 5) is 11.5. The second-order valence-electron chi connectivity index (χ2n) is 7.41. The molecule has 9 heteroatoms. The van der Waals surface area contributed by atoms with E-state index < -0.39 is 10.0 Å². The Hall–Kier alpha value is -2.23. The third-order valence-corrected chi connectivity index (χ3v) is 6.98. The summed E-state index contributed by atoms with van der Waals surface area (Å²) in [6, 6.07) is 6.49. The molecule has 1 unspecified atom stereocenters. The highest BCUT2D eigenvalue weighted by Crippen LogP contribution is 2.36. The average Bonchev–Trinajstić information content (AvgIpc) is 3.18. The third kappa shape index (κ3) is 4.36. The van der Waals surface area contributed by atoms with Crippen molar-refractivity contribution < 1.29 is 13.2 Å². The van der Waals surface area contributed by atoms with Gasteiger partial charge in [-0.1, -0.05) is 0 Å². The maximum Gasteiger partial charge on any atom is 0.243 e. The van der Waals surface area contributed by atoms with Crippen molar-refractivity contribution in [3.63, 3.8) is 0 Å². The van der Waals surface area contributed by atoms with Gasteiger partial charge in [-0.05, 0) is 50.6 Å². The first kappa shape index (κ1) is 21.5. The van der Waals surface area contributed by atoms with Crippen LogP contribution in [0.3, 0.4) is 0 Å². The lowest BCUT2D eigenvalue weighted by Gasteiger charge is -2.25. The molecule has 29 heavy (non-hydrogen) atoms. The van der Waals surface area contributed by atoms with Gasteiger partial charge in [0.05, 0.1) is 23.7 Å². The topological polar surface area (TPSA) is 87.7 Å². The van der Waals surface area contributed by atoms with Crippen LogP contribution in [0, 0.1) is 6.92 Å². The van der Waals surface area contributed by atoms with Crippen molar-refractivity contribution in [1.29, 1.82) is 0 Å². The predicted molar refractivity (Wildman–Crippen MR) is 113 cm³/mol. The van der Waals surface area contributed by atoms with E-state index in [1.807, 2.05) is 39.0 Å². The first-order valence-corrected chi connectivity index (χ1v) is 11.1. The number of hydrogen-bond donors (Lipinski definition) is 1. The molecule has 1 fully saturated rings. The Morgan fingerprint density at radius 2 is 2.03 bits per heavy atom. The Kier molecular flexibility index (Phi) is 6.40. The molecule has 1 aliphatic rings. The van der Waals surface area contributed by atoms with Crippen molar-refractivity contribution in [2.75, 3.05) is 39.7 Å². The van der Waals surface area contributed by atoms with Crippen LogP contribution < -0.4 is 15.0 Å². The minimum atomic E-state index is -3.67. The van der Waals surface area contributed by atoms with E-state index in [0.717, 1.165) is 23.5 Å². The molecule has 1 atom stereocenters. The van der Waals surface area contributed by atoms with Crippen LogP contribution in [0.5, 0.6) is 5.75 Å². The summed E-state index contributed by atoms with van der Waals surface area (Å²) in [6.45, 7) is 2.88. The number of nitrogens with zero attached hydrogens (tertiary/aromatic N) is 4. The maximum atomic E-state index is 13.4. The van der Waals surface area contributed by atoms with E-state index in [4.69, 9.17) is 4.74 Å². The highest BCUT2D eigenvalue weighted by molar-refractivity contribution is 7.89. The number of nitrogens with one attached hydrogen (secondary N) is 1. The van der Waals surface area contributed by atoms with Crippen LogP contribution in [-0.4, -0.2) is 57.5 Å². The fourth-order valence-electron chi connectivity index (χ4n) is 3.59. The molecule has 8 nitrogen and oxygen atoms in total. The molecule has 3 rings (SSSR count). The van der Waals surface area contributed by atoms with E-state index >= 15 is 0 Å². The first-order chi connectivity index (χ1) is 13.8. The van der Waals surface area contributed by atoms with Crippen molar-refractivity contribution in [1.82, 2.24) is 19.6 Å². The van der Waals surface area contributed by atoms with E-state index in [1.54, 1.807) is 25.3 Å². The molecule has 1 aliphatic heterocycles. The van der Waals surface area contributed by atoms with Gasteiger partial charge in [0, 0.05) is 33.3 Å². The van der Waals surface area contributed by atoms with E-state index in [1.165, 1.54) is 4.31 Å². The molecule has 0 bridgehead atoms. The summed E-state index contributed by atoms with van der Waals surface area (Å²) in [5.74, 6) is 1.98. The first-order valence-electron chi connectivity index (χ1n) is 9.64. The van der Waals surface area contributed by atoms with Gasteiger partial charge in [-0.2, -0.15) is 4.31 Å². The Balaban J connectivity index is 2.00. The second kappa shape index (κ2) is 8.64. The van der Waals surface area contributed by atoms with Gasteiger partial charge >= 0.3 is 0 Å². The van der Waals surface area contributed by atoms with E-state index in [-0.39, 0.29) is 10.9 Å². The highest BCUT2D eigenvalue weighted by Gasteiger charge is 2.38. The predicted octanol–water partition coefficient (Wildman–Crippen LogP) is 2.10. The standard InChI is InChI=1S/C20H29N5O3S/c1-14-11-16(8-9-18(14)28-5)29(26,27)25-10-6-7-17(25)20-22-15(13-21-2)12-19(23-20)24(3)4/h8-9,11-12,17,21H,6-7,10,13H2,1-5H3. The minimum absolute atomic E-state index is 0.266. The van der Waals surface area contributed by atoms with E-state index in [2.05, 4.69) is 15.3 Å². The summed E-state index contributed by atoms with van der Waals surface area (Å²) in [5.41, 5.74) is 1.62. The van der Waals surface area contributed by atoms with Gasteiger partial charge in [-0.25, -0.2) is 18.4 Å². The smallest absolute Gasteiger partial charge is 0.243 e. The highest BCUT2D eigenvalue weighted by atomic mass is 32.2. The van der Waals surface area contributed by atoms with Crippen molar-refractivity contribution >= 4 is 15.8 Å². The Bertz CT molecular complexity index is 978. The number of benzene rings is 1. The largest absolute Gasteiger partial charge is 0.496 e. The van der Waals surface area contributed by atoms with Crippen molar-refractivity contribution in [2.45, 2.75) is 37.2 Å². The van der Waals surface area contributed by atoms with Crippen LogP contribution in [0.2, 0.25) is 0 Å². The van der Waals surface area contributed by atoms with Crippen LogP contribution in [-0.2, 0) is 16.6 Å². The lowest BCUT2D eigenvalue weighted by molar-refractivity contribution is 0.382. The Morgan fingerprint density at radius 3 is 2.66 bits per heavy atom. The normalized spacial score (nSPS) is 17.5. The van der Waals surface area contributed by atoms with Gasteiger partial charge in [-0.15, -0.1) is 0 Å². The number of hydrogen-bond acceptors (Lipinski definition) is 7. The number of aromatic nitrogens is 2. The van der Waals surface area contributed by atoms with E-state index in [0.29, 0.717) is 31.1 Å². The molecule has 1 N–H and O–H groups in total. The number of anilines is 1.